The molecule has 0 unspecified atom stereocenters. The van der Waals surface area contributed by atoms with E-state index in [0.717, 1.165) is 6.07 Å². The van der Waals surface area contributed by atoms with Crippen molar-refractivity contribution < 1.29 is 36.6 Å². The van der Waals surface area contributed by atoms with Gasteiger partial charge in [-0.25, -0.2) is 9.18 Å². The predicted octanol–water partition coefficient (Wildman–Crippen LogP) is 3.54. The average molecular weight is 370 g/mol. The largest absolute Gasteiger partial charge is 0.454 e. The van der Waals surface area contributed by atoms with Crippen LogP contribution in [0.1, 0.15) is 15.9 Å². The number of hydrogen-bond donors (Lipinski definition) is 2. The molecule has 1 aliphatic heterocycles. The van der Waals surface area contributed by atoms with E-state index < -0.39 is 29.5 Å². The van der Waals surface area contributed by atoms with Gasteiger partial charge in [-0.2, -0.15) is 13.2 Å². The first-order chi connectivity index (χ1) is 12.2. The summed E-state index contributed by atoms with van der Waals surface area (Å²) in [6, 6.07) is 5.08. The Labute approximate surface area is 143 Å². The fraction of sp³-hybridized carbons (Fsp3) is 0.125. The van der Waals surface area contributed by atoms with Gasteiger partial charge in [-0.1, -0.05) is 0 Å². The maximum Gasteiger partial charge on any atom is 0.419 e. The van der Waals surface area contributed by atoms with E-state index in [1.807, 2.05) is 5.32 Å². The van der Waals surface area contributed by atoms with Crippen LogP contribution in [0.5, 0.6) is 11.5 Å². The van der Waals surface area contributed by atoms with Crippen molar-refractivity contribution in [2.45, 2.75) is 6.18 Å². The Bertz CT molecular complexity index is 883. The number of halogens is 4. The molecule has 2 aromatic rings. The van der Waals surface area contributed by atoms with Crippen LogP contribution in [0.25, 0.3) is 0 Å². The van der Waals surface area contributed by atoms with E-state index in [4.69, 9.17) is 9.47 Å². The van der Waals surface area contributed by atoms with E-state index in [1.54, 1.807) is 0 Å². The van der Waals surface area contributed by atoms with Crippen LogP contribution >= 0.6 is 0 Å². The summed E-state index contributed by atoms with van der Waals surface area (Å²) in [5.74, 6) is -1.54. The number of carbonyl (C=O) groups excluding carboxylic acids is 2. The third-order valence-corrected chi connectivity index (χ3v) is 3.39. The number of anilines is 1. The summed E-state index contributed by atoms with van der Waals surface area (Å²) in [5.41, 5.74) is -1.60. The maximum absolute atomic E-state index is 13.5. The van der Waals surface area contributed by atoms with Gasteiger partial charge in [0.15, 0.2) is 11.5 Å². The third kappa shape index (κ3) is 3.68. The van der Waals surface area contributed by atoms with Crippen molar-refractivity contribution in [3.8, 4) is 11.5 Å². The maximum atomic E-state index is 13.5. The SMILES string of the molecule is O=C(NC(=O)c1ccc2c(c1)OCO2)Nc1ccc(C(F)(F)F)c(F)c1. The lowest BCUT2D eigenvalue weighted by atomic mass is 10.2. The average Bonchev–Trinajstić information content (AvgIpc) is 3.00. The standard InChI is InChI=1S/C16H10F4N2O4/c17-11-6-9(2-3-10(11)16(18,19)20)21-15(24)22-14(23)8-1-4-12-13(5-8)26-7-25-12/h1-6H,7H2,(H2,21,22,23,24). The van der Waals surface area contributed by atoms with E-state index in [0.29, 0.717) is 23.6 Å². The number of alkyl halides is 3. The van der Waals surface area contributed by atoms with Crippen molar-refractivity contribution in [2.24, 2.45) is 0 Å². The van der Waals surface area contributed by atoms with Crippen LogP contribution in [0, 0.1) is 5.82 Å². The Morgan fingerprint density at radius 2 is 1.73 bits per heavy atom. The number of hydrogen-bond acceptors (Lipinski definition) is 4. The molecule has 3 rings (SSSR count). The molecule has 0 aromatic heterocycles. The van der Waals surface area contributed by atoms with Gasteiger partial charge >= 0.3 is 12.2 Å². The van der Waals surface area contributed by atoms with E-state index in [1.165, 1.54) is 18.2 Å². The summed E-state index contributed by atoms with van der Waals surface area (Å²) < 4.78 is 61.1. The van der Waals surface area contributed by atoms with Gasteiger partial charge in [-0.05, 0) is 36.4 Å². The highest BCUT2D eigenvalue weighted by Gasteiger charge is 2.34. The van der Waals surface area contributed by atoms with Crippen molar-refractivity contribution in [3.05, 3.63) is 53.3 Å². The molecule has 3 amide bonds. The highest BCUT2D eigenvalue weighted by Crippen LogP contribution is 2.33. The number of nitrogens with one attached hydrogen (secondary N) is 2. The van der Waals surface area contributed by atoms with Crippen molar-refractivity contribution in [2.75, 3.05) is 12.1 Å². The van der Waals surface area contributed by atoms with Gasteiger partial charge in [0.25, 0.3) is 5.91 Å². The Morgan fingerprint density at radius 1 is 1.00 bits per heavy atom. The number of amides is 3. The molecular weight excluding hydrogens is 360 g/mol. The first kappa shape index (κ1) is 17.5. The van der Waals surface area contributed by atoms with Gasteiger partial charge in [0.2, 0.25) is 6.79 Å². The van der Waals surface area contributed by atoms with Crippen LogP contribution < -0.4 is 20.1 Å². The minimum atomic E-state index is -4.85. The minimum Gasteiger partial charge on any atom is -0.454 e. The van der Waals surface area contributed by atoms with Crippen LogP contribution in [0.15, 0.2) is 36.4 Å². The summed E-state index contributed by atoms with van der Waals surface area (Å²) in [4.78, 5) is 23.8. The molecule has 0 fully saturated rings. The van der Waals surface area contributed by atoms with Crippen LogP contribution in [0.2, 0.25) is 0 Å². The smallest absolute Gasteiger partial charge is 0.419 e. The fourth-order valence-corrected chi connectivity index (χ4v) is 2.20. The van der Waals surface area contributed by atoms with Gasteiger partial charge in [-0.3, -0.25) is 10.1 Å². The van der Waals surface area contributed by atoms with Crippen molar-refractivity contribution >= 4 is 17.6 Å². The Hall–Kier alpha value is -3.30. The molecule has 0 saturated heterocycles. The molecule has 0 saturated carbocycles. The van der Waals surface area contributed by atoms with Crippen LogP contribution in [-0.4, -0.2) is 18.7 Å². The number of benzene rings is 2. The van der Waals surface area contributed by atoms with Crippen molar-refractivity contribution in [1.29, 1.82) is 0 Å². The van der Waals surface area contributed by atoms with E-state index in [-0.39, 0.29) is 18.0 Å². The number of urea groups is 1. The minimum absolute atomic E-state index is 0.0143. The molecule has 10 heteroatoms. The molecule has 0 atom stereocenters. The van der Waals surface area contributed by atoms with Gasteiger partial charge in [-0.15, -0.1) is 0 Å². The number of imide groups is 1. The number of ether oxygens (including phenoxy) is 2. The van der Waals surface area contributed by atoms with Crippen molar-refractivity contribution in [1.82, 2.24) is 5.32 Å². The van der Waals surface area contributed by atoms with E-state index >= 15 is 0 Å². The molecule has 0 radical (unpaired) electrons. The number of fused-ring (bicyclic) bond motifs is 1. The molecule has 2 aromatic carbocycles. The van der Waals surface area contributed by atoms with Gasteiger partial charge in [0.05, 0.1) is 5.56 Å². The summed E-state index contributed by atoms with van der Waals surface area (Å²) >= 11 is 0. The molecule has 2 N–H and O–H groups in total. The predicted molar refractivity (Wildman–Crippen MR) is 80.5 cm³/mol. The van der Waals surface area contributed by atoms with Crippen molar-refractivity contribution in [3.63, 3.8) is 0 Å². The third-order valence-electron chi connectivity index (χ3n) is 3.39. The van der Waals surface area contributed by atoms with Crippen LogP contribution in [0.4, 0.5) is 28.0 Å². The second-order valence-corrected chi connectivity index (χ2v) is 5.17. The Morgan fingerprint density at radius 3 is 2.42 bits per heavy atom. The molecule has 136 valence electrons. The summed E-state index contributed by atoms with van der Waals surface area (Å²) in [6.07, 6.45) is -4.85. The molecule has 26 heavy (non-hydrogen) atoms. The van der Waals surface area contributed by atoms with E-state index in [9.17, 15) is 27.2 Å². The Kier molecular flexibility index (Phi) is 4.41. The monoisotopic (exact) mass is 370 g/mol. The topological polar surface area (TPSA) is 76.7 Å². The highest BCUT2D eigenvalue weighted by molar-refractivity contribution is 6.08. The Balaban J connectivity index is 1.65. The highest BCUT2D eigenvalue weighted by atomic mass is 19.4. The summed E-state index contributed by atoms with van der Waals surface area (Å²) in [5, 5.41) is 4.05. The molecule has 0 spiro atoms. The summed E-state index contributed by atoms with van der Waals surface area (Å²) in [7, 11) is 0. The van der Waals surface area contributed by atoms with Gasteiger partial charge in [0, 0.05) is 11.3 Å². The van der Waals surface area contributed by atoms with E-state index in [2.05, 4.69) is 5.32 Å². The normalized spacial score (nSPS) is 12.6. The first-order valence-electron chi connectivity index (χ1n) is 7.13. The molecule has 1 aliphatic rings. The lowest BCUT2D eigenvalue weighted by Crippen LogP contribution is -2.34. The molecule has 6 nitrogen and oxygen atoms in total. The summed E-state index contributed by atoms with van der Waals surface area (Å²) in [6.45, 7) is 0.0143. The number of rotatable bonds is 2. The zero-order chi connectivity index (χ0) is 18.9. The quantitative estimate of drug-likeness (QED) is 0.793. The van der Waals surface area contributed by atoms with Gasteiger partial charge < -0.3 is 14.8 Å². The zero-order valence-corrected chi connectivity index (χ0v) is 12.8. The molecule has 0 bridgehead atoms. The first-order valence-corrected chi connectivity index (χ1v) is 7.13. The number of carbonyl (C=O) groups is 2. The lowest BCUT2D eigenvalue weighted by molar-refractivity contribution is -0.139. The molecular formula is C16H10F4N2O4. The molecule has 0 aliphatic carbocycles. The van der Waals surface area contributed by atoms with Crippen LogP contribution in [-0.2, 0) is 6.18 Å². The van der Waals surface area contributed by atoms with Gasteiger partial charge in [0.1, 0.15) is 5.82 Å². The zero-order valence-electron chi connectivity index (χ0n) is 12.8. The molecule has 1 heterocycles. The second kappa shape index (κ2) is 6.54. The van der Waals surface area contributed by atoms with Crippen LogP contribution in [0.3, 0.4) is 0 Å². The lowest BCUT2D eigenvalue weighted by Gasteiger charge is -2.10. The second-order valence-electron chi connectivity index (χ2n) is 5.17. The fourth-order valence-electron chi connectivity index (χ4n) is 2.20.